The van der Waals surface area contributed by atoms with E-state index in [1.807, 2.05) is 33.1 Å². The normalized spacial score (nSPS) is 26.2. The number of rotatable bonds is 2. The highest BCUT2D eigenvalue weighted by atomic mass is 28.5. The van der Waals surface area contributed by atoms with Crippen LogP contribution < -0.4 is 0 Å². The Labute approximate surface area is 97.5 Å². The van der Waals surface area contributed by atoms with Crippen molar-refractivity contribution in [3.63, 3.8) is 0 Å². The minimum Gasteiger partial charge on any atom is -0.414 e. The third-order valence-corrected chi connectivity index (χ3v) is 12.3. The summed E-state index contributed by atoms with van der Waals surface area (Å²) in [4.78, 5) is 0. The highest BCUT2D eigenvalue weighted by Crippen LogP contribution is 2.17. The first-order chi connectivity index (χ1) is 6.95. The molecule has 1 fully saturated rings. The monoisotopic (exact) mass is 281 g/mol. The molecule has 1 aliphatic rings. The largest absolute Gasteiger partial charge is 0.479 e. The van der Waals surface area contributed by atoms with Crippen LogP contribution in [0, 0.1) is 0 Å². The van der Waals surface area contributed by atoms with Crippen LogP contribution in [0.25, 0.3) is 0 Å². The number of hydrogen-bond acceptors (Lipinski definition) is 5. The summed E-state index contributed by atoms with van der Waals surface area (Å²) in [5, 5.41) is 0. The molecule has 3 radical (unpaired) electrons. The summed E-state index contributed by atoms with van der Waals surface area (Å²) in [7, 11) is -6.33. The van der Waals surface area contributed by atoms with Gasteiger partial charge in [0.05, 0.1) is 0 Å². The summed E-state index contributed by atoms with van der Waals surface area (Å²) in [5.41, 5.74) is 0. The fourth-order valence-electron chi connectivity index (χ4n) is 1.33. The standard InChI is InChI=1S/C6H17O5Si4/c1-6-7-15(5)10-13(3)8-12(2)9-14(4)11-15/h6H2,1-5H3. The molecule has 0 aromatic heterocycles. The molecule has 1 aliphatic heterocycles. The zero-order valence-electron chi connectivity index (χ0n) is 9.75. The highest BCUT2D eigenvalue weighted by molar-refractivity contribution is 6.77. The van der Waals surface area contributed by atoms with Crippen LogP contribution >= 0.6 is 0 Å². The maximum Gasteiger partial charge on any atom is 0.479 e. The van der Waals surface area contributed by atoms with Crippen LogP contribution in [0.5, 0.6) is 0 Å². The van der Waals surface area contributed by atoms with Crippen LogP contribution in [-0.4, -0.2) is 43.3 Å². The Kier molecular flexibility index (Phi) is 5.34. The van der Waals surface area contributed by atoms with Gasteiger partial charge < -0.3 is 20.9 Å². The second-order valence-electron chi connectivity index (χ2n) is 3.18. The van der Waals surface area contributed by atoms with E-state index in [4.69, 9.17) is 20.9 Å². The van der Waals surface area contributed by atoms with Gasteiger partial charge in [0.25, 0.3) is 0 Å². The highest BCUT2D eigenvalue weighted by Gasteiger charge is 2.43. The van der Waals surface area contributed by atoms with E-state index in [1.54, 1.807) is 0 Å². The lowest BCUT2D eigenvalue weighted by atomic mass is 10.9. The minimum absolute atomic E-state index is 0.594. The van der Waals surface area contributed by atoms with Gasteiger partial charge >= 0.3 is 36.7 Å². The van der Waals surface area contributed by atoms with Crippen molar-refractivity contribution >= 4 is 36.7 Å². The summed E-state index contributed by atoms with van der Waals surface area (Å²) in [6, 6.07) is 0. The van der Waals surface area contributed by atoms with E-state index in [0.717, 1.165) is 0 Å². The molecule has 1 rings (SSSR count). The Hall–Kier alpha value is 0.668. The molecule has 9 heteroatoms. The molecular weight excluding hydrogens is 264 g/mol. The van der Waals surface area contributed by atoms with Crippen LogP contribution in [0.3, 0.4) is 0 Å². The summed E-state index contributed by atoms with van der Waals surface area (Å²) < 4.78 is 28.5. The van der Waals surface area contributed by atoms with Crippen molar-refractivity contribution in [1.82, 2.24) is 0 Å². The van der Waals surface area contributed by atoms with E-state index in [0.29, 0.717) is 6.61 Å². The molecule has 0 aromatic rings. The average molecular weight is 282 g/mol. The Morgan fingerprint density at radius 1 is 1.00 bits per heavy atom. The smallest absolute Gasteiger partial charge is 0.414 e. The van der Waals surface area contributed by atoms with Gasteiger partial charge in [0.1, 0.15) is 0 Å². The second kappa shape index (κ2) is 5.84. The Morgan fingerprint density at radius 2 is 1.47 bits per heavy atom. The molecule has 15 heavy (non-hydrogen) atoms. The van der Waals surface area contributed by atoms with Crippen LogP contribution in [0.4, 0.5) is 0 Å². The van der Waals surface area contributed by atoms with Crippen LogP contribution in [0.15, 0.2) is 0 Å². The molecular formula is C6H17O5Si4. The lowest BCUT2D eigenvalue weighted by Gasteiger charge is -2.33. The lowest BCUT2D eigenvalue weighted by molar-refractivity contribution is 0.151. The maximum atomic E-state index is 5.80. The van der Waals surface area contributed by atoms with Gasteiger partial charge in [-0.25, -0.2) is 0 Å². The zero-order chi connectivity index (χ0) is 11.5. The third-order valence-electron chi connectivity index (χ3n) is 1.64. The maximum absolute atomic E-state index is 5.80. The van der Waals surface area contributed by atoms with Crippen molar-refractivity contribution in [2.24, 2.45) is 0 Å². The molecule has 0 saturated carbocycles. The molecule has 0 aromatic carbocycles. The first-order valence-electron chi connectivity index (χ1n) is 4.83. The van der Waals surface area contributed by atoms with E-state index in [9.17, 15) is 0 Å². The zero-order valence-corrected chi connectivity index (χ0v) is 13.7. The minimum atomic E-state index is -2.52. The molecule has 1 saturated heterocycles. The lowest BCUT2D eigenvalue weighted by Crippen LogP contribution is -2.54. The van der Waals surface area contributed by atoms with Crippen LogP contribution in [-0.2, 0) is 20.9 Å². The topological polar surface area (TPSA) is 46.2 Å². The molecule has 87 valence electrons. The fourth-order valence-corrected chi connectivity index (χ4v) is 11.9. The molecule has 0 atom stereocenters. The Balaban J connectivity index is 2.65. The van der Waals surface area contributed by atoms with Crippen molar-refractivity contribution in [1.29, 1.82) is 0 Å². The molecule has 0 amide bonds. The Morgan fingerprint density at radius 3 is 1.87 bits per heavy atom. The molecule has 1 heterocycles. The van der Waals surface area contributed by atoms with Crippen molar-refractivity contribution in [2.45, 2.75) is 33.1 Å². The van der Waals surface area contributed by atoms with Crippen molar-refractivity contribution in [3.05, 3.63) is 0 Å². The van der Waals surface area contributed by atoms with Gasteiger partial charge in [0.2, 0.25) is 0 Å². The van der Waals surface area contributed by atoms with Gasteiger partial charge in [-0.1, -0.05) is 0 Å². The molecule has 0 N–H and O–H groups in total. The fraction of sp³-hybridized carbons (Fsp3) is 1.00. The predicted molar refractivity (Wildman–Crippen MR) is 62.4 cm³/mol. The van der Waals surface area contributed by atoms with Gasteiger partial charge in [-0.05, 0) is 26.6 Å². The molecule has 0 aliphatic carbocycles. The van der Waals surface area contributed by atoms with Crippen molar-refractivity contribution < 1.29 is 20.9 Å². The van der Waals surface area contributed by atoms with Gasteiger partial charge in [-0.15, -0.1) is 0 Å². The van der Waals surface area contributed by atoms with E-state index >= 15 is 0 Å². The molecule has 0 bridgehead atoms. The molecule has 0 spiro atoms. The second-order valence-corrected chi connectivity index (χ2v) is 11.4. The van der Waals surface area contributed by atoms with E-state index < -0.39 is 36.7 Å². The average Bonchev–Trinajstić information content (AvgIpc) is 1.99. The SMILES string of the molecule is CCO[Si]1(C)O[Si](C)O[Si](C)O[Si](C)O1. The first-order valence-corrected chi connectivity index (χ1v) is 12.5. The third kappa shape index (κ3) is 4.58. The summed E-state index contributed by atoms with van der Waals surface area (Å²) in [6.07, 6.45) is 0. The van der Waals surface area contributed by atoms with Gasteiger partial charge in [0.15, 0.2) is 0 Å². The summed E-state index contributed by atoms with van der Waals surface area (Å²) in [6.45, 7) is 10.3. The van der Waals surface area contributed by atoms with E-state index in [-0.39, 0.29) is 0 Å². The van der Waals surface area contributed by atoms with E-state index in [1.165, 1.54) is 0 Å². The van der Waals surface area contributed by atoms with Gasteiger partial charge in [0, 0.05) is 13.2 Å². The summed E-state index contributed by atoms with van der Waals surface area (Å²) >= 11 is 0. The van der Waals surface area contributed by atoms with Crippen molar-refractivity contribution in [2.75, 3.05) is 6.61 Å². The molecule has 5 nitrogen and oxygen atoms in total. The summed E-state index contributed by atoms with van der Waals surface area (Å²) in [5.74, 6) is 0. The first kappa shape index (κ1) is 13.7. The van der Waals surface area contributed by atoms with Crippen LogP contribution in [0.1, 0.15) is 6.92 Å². The Bertz CT molecular complexity index is 192. The van der Waals surface area contributed by atoms with Crippen molar-refractivity contribution in [3.8, 4) is 0 Å². The van der Waals surface area contributed by atoms with E-state index in [2.05, 4.69) is 0 Å². The number of hydrogen-bond donors (Lipinski definition) is 0. The van der Waals surface area contributed by atoms with Gasteiger partial charge in [-0.2, -0.15) is 0 Å². The van der Waals surface area contributed by atoms with Crippen LogP contribution in [0.2, 0.25) is 26.2 Å². The quantitative estimate of drug-likeness (QED) is 0.707. The molecule has 0 unspecified atom stereocenters. The van der Waals surface area contributed by atoms with Gasteiger partial charge in [-0.3, -0.25) is 0 Å². The predicted octanol–water partition coefficient (Wildman–Crippen LogP) is 1.03.